The van der Waals surface area contributed by atoms with Crippen molar-refractivity contribution in [1.82, 2.24) is 4.98 Å². The molecule has 0 aromatic carbocycles. The zero-order valence-electron chi connectivity index (χ0n) is 9.82. The monoisotopic (exact) mass is 282 g/mol. The fraction of sp³-hybridized carbons (Fsp3) is 0.615. The summed E-state index contributed by atoms with van der Waals surface area (Å²) in [4.78, 5) is 7.06. The van der Waals surface area contributed by atoms with Gasteiger partial charge in [0, 0.05) is 12.6 Å². The summed E-state index contributed by atoms with van der Waals surface area (Å²) in [6.07, 6.45) is 6.55. The highest BCUT2D eigenvalue weighted by atomic mass is 79.9. The van der Waals surface area contributed by atoms with E-state index >= 15 is 0 Å². The molecule has 1 aromatic heterocycles. The summed E-state index contributed by atoms with van der Waals surface area (Å²) in [5, 5.41) is 0. The zero-order chi connectivity index (χ0) is 11.4. The van der Waals surface area contributed by atoms with Gasteiger partial charge in [-0.05, 0) is 47.3 Å². The Bertz CT molecular complexity index is 340. The predicted octanol–water partition coefficient (Wildman–Crippen LogP) is 4.00. The van der Waals surface area contributed by atoms with Gasteiger partial charge in [-0.1, -0.05) is 25.8 Å². The van der Waals surface area contributed by atoms with Crippen molar-refractivity contribution < 1.29 is 0 Å². The summed E-state index contributed by atoms with van der Waals surface area (Å²) >= 11 is 3.45. The van der Waals surface area contributed by atoms with Crippen LogP contribution < -0.4 is 4.90 Å². The SMILES string of the molecule is CCC1CCCCCN1c1cccc(Br)n1. The molecule has 3 heteroatoms. The van der Waals surface area contributed by atoms with E-state index in [9.17, 15) is 0 Å². The molecule has 0 saturated carbocycles. The molecule has 16 heavy (non-hydrogen) atoms. The van der Waals surface area contributed by atoms with Gasteiger partial charge in [0.15, 0.2) is 0 Å². The molecular weight excluding hydrogens is 264 g/mol. The molecule has 0 spiro atoms. The van der Waals surface area contributed by atoms with Gasteiger partial charge in [-0.25, -0.2) is 4.98 Å². The van der Waals surface area contributed by atoms with E-state index in [-0.39, 0.29) is 0 Å². The van der Waals surface area contributed by atoms with Gasteiger partial charge < -0.3 is 4.90 Å². The Morgan fingerprint density at radius 1 is 1.38 bits per heavy atom. The first-order valence-corrected chi connectivity index (χ1v) is 6.99. The second-order valence-electron chi connectivity index (χ2n) is 4.42. The van der Waals surface area contributed by atoms with Crippen LogP contribution in [0.5, 0.6) is 0 Å². The Labute approximate surface area is 106 Å². The van der Waals surface area contributed by atoms with Gasteiger partial charge in [0.05, 0.1) is 0 Å². The molecule has 1 unspecified atom stereocenters. The van der Waals surface area contributed by atoms with Crippen LogP contribution in [0.3, 0.4) is 0 Å². The Morgan fingerprint density at radius 2 is 2.25 bits per heavy atom. The molecule has 1 atom stereocenters. The number of halogens is 1. The maximum Gasteiger partial charge on any atom is 0.130 e. The normalized spacial score (nSPS) is 21.9. The third-order valence-electron chi connectivity index (χ3n) is 3.34. The van der Waals surface area contributed by atoms with Gasteiger partial charge in [-0.2, -0.15) is 0 Å². The van der Waals surface area contributed by atoms with E-state index in [0.29, 0.717) is 6.04 Å². The van der Waals surface area contributed by atoms with Crippen LogP contribution in [-0.4, -0.2) is 17.6 Å². The van der Waals surface area contributed by atoms with Crippen molar-refractivity contribution >= 4 is 21.7 Å². The van der Waals surface area contributed by atoms with E-state index < -0.39 is 0 Å². The van der Waals surface area contributed by atoms with E-state index in [4.69, 9.17) is 0 Å². The van der Waals surface area contributed by atoms with Crippen LogP contribution in [0, 0.1) is 0 Å². The third-order valence-corrected chi connectivity index (χ3v) is 3.78. The highest BCUT2D eigenvalue weighted by Gasteiger charge is 2.20. The Hall–Kier alpha value is -0.570. The summed E-state index contributed by atoms with van der Waals surface area (Å²) in [7, 11) is 0. The number of nitrogens with zero attached hydrogens (tertiary/aromatic N) is 2. The van der Waals surface area contributed by atoms with Crippen LogP contribution in [0.25, 0.3) is 0 Å². The maximum atomic E-state index is 4.58. The van der Waals surface area contributed by atoms with Gasteiger partial charge in [0.1, 0.15) is 10.4 Å². The molecule has 0 N–H and O–H groups in total. The third kappa shape index (κ3) is 2.76. The first-order valence-electron chi connectivity index (χ1n) is 6.20. The maximum absolute atomic E-state index is 4.58. The minimum Gasteiger partial charge on any atom is -0.354 e. The molecule has 0 bridgehead atoms. The summed E-state index contributed by atoms with van der Waals surface area (Å²) in [5.41, 5.74) is 0. The van der Waals surface area contributed by atoms with Crippen molar-refractivity contribution in [1.29, 1.82) is 0 Å². The highest BCUT2D eigenvalue weighted by Crippen LogP contribution is 2.25. The largest absolute Gasteiger partial charge is 0.354 e. The van der Waals surface area contributed by atoms with Gasteiger partial charge in [0.2, 0.25) is 0 Å². The lowest BCUT2D eigenvalue weighted by molar-refractivity contribution is 0.552. The summed E-state index contributed by atoms with van der Waals surface area (Å²) < 4.78 is 0.934. The summed E-state index contributed by atoms with van der Waals surface area (Å²) in [5.74, 6) is 1.13. The smallest absolute Gasteiger partial charge is 0.130 e. The molecule has 1 saturated heterocycles. The van der Waals surface area contributed by atoms with Crippen molar-refractivity contribution in [2.45, 2.75) is 45.1 Å². The van der Waals surface area contributed by atoms with E-state index in [2.05, 4.69) is 44.9 Å². The average molecular weight is 283 g/mol. The fourth-order valence-corrected chi connectivity index (χ4v) is 2.80. The summed E-state index contributed by atoms with van der Waals surface area (Å²) in [6, 6.07) is 6.86. The number of pyridine rings is 1. The van der Waals surface area contributed by atoms with Crippen LogP contribution >= 0.6 is 15.9 Å². The molecule has 1 aromatic rings. The quantitative estimate of drug-likeness (QED) is 0.762. The molecule has 0 aliphatic carbocycles. The molecule has 0 radical (unpaired) electrons. The summed E-state index contributed by atoms with van der Waals surface area (Å²) in [6.45, 7) is 3.43. The number of anilines is 1. The van der Waals surface area contributed by atoms with E-state index in [1.54, 1.807) is 0 Å². The topological polar surface area (TPSA) is 16.1 Å². The molecule has 2 heterocycles. The van der Waals surface area contributed by atoms with Gasteiger partial charge >= 0.3 is 0 Å². The zero-order valence-corrected chi connectivity index (χ0v) is 11.4. The lowest BCUT2D eigenvalue weighted by atomic mass is 10.1. The first-order chi connectivity index (χ1) is 7.81. The number of hydrogen-bond donors (Lipinski definition) is 0. The molecule has 1 aliphatic rings. The Balaban J connectivity index is 2.21. The van der Waals surface area contributed by atoms with E-state index in [0.717, 1.165) is 17.0 Å². The molecule has 1 fully saturated rings. The lowest BCUT2D eigenvalue weighted by Gasteiger charge is -2.30. The van der Waals surface area contributed by atoms with Gasteiger partial charge in [-0.3, -0.25) is 0 Å². The van der Waals surface area contributed by atoms with Crippen LogP contribution in [0.15, 0.2) is 22.8 Å². The predicted molar refractivity (Wildman–Crippen MR) is 71.8 cm³/mol. The average Bonchev–Trinajstić information content (AvgIpc) is 2.53. The van der Waals surface area contributed by atoms with Crippen molar-refractivity contribution in [2.75, 3.05) is 11.4 Å². The minimum atomic E-state index is 0.671. The lowest BCUT2D eigenvalue weighted by Crippen LogP contribution is -2.34. The van der Waals surface area contributed by atoms with Crippen molar-refractivity contribution in [3.05, 3.63) is 22.8 Å². The minimum absolute atomic E-state index is 0.671. The van der Waals surface area contributed by atoms with E-state index in [1.165, 1.54) is 32.1 Å². The second kappa shape index (κ2) is 5.67. The van der Waals surface area contributed by atoms with Gasteiger partial charge in [0.25, 0.3) is 0 Å². The van der Waals surface area contributed by atoms with Crippen molar-refractivity contribution in [3.63, 3.8) is 0 Å². The molecule has 2 nitrogen and oxygen atoms in total. The Morgan fingerprint density at radius 3 is 3.00 bits per heavy atom. The van der Waals surface area contributed by atoms with E-state index in [1.807, 2.05) is 6.07 Å². The van der Waals surface area contributed by atoms with Gasteiger partial charge in [-0.15, -0.1) is 0 Å². The highest BCUT2D eigenvalue weighted by molar-refractivity contribution is 9.10. The molecular formula is C13H19BrN2. The van der Waals surface area contributed by atoms with Crippen molar-refractivity contribution in [3.8, 4) is 0 Å². The van der Waals surface area contributed by atoms with Crippen LogP contribution in [0.4, 0.5) is 5.82 Å². The second-order valence-corrected chi connectivity index (χ2v) is 5.24. The van der Waals surface area contributed by atoms with Crippen LogP contribution in [0.2, 0.25) is 0 Å². The number of rotatable bonds is 2. The molecule has 88 valence electrons. The molecule has 0 amide bonds. The number of aromatic nitrogens is 1. The molecule has 1 aliphatic heterocycles. The Kier molecular flexibility index (Phi) is 4.22. The van der Waals surface area contributed by atoms with Crippen LogP contribution in [0.1, 0.15) is 39.0 Å². The fourth-order valence-electron chi connectivity index (χ4n) is 2.46. The molecule has 2 rings (SSSR count). The van der Waals surface area contributed by atoms with Crippen molar-refractivity contribution in [2.24, 2.45) is 0 Å². The number of hydrogen-bond acceptors (Lipinski definition) is 2. The van der Waals surface area contributed by atoms with Crippen LogP contribution in [-0.2, 0) is 0 Å². The first kappa shape index (κ1) is 11.9. The standard InChI is InChI=1S/C13H19BrN2/c1-2-11-7-4-3-5-10-16(11)13-9-6-8-12(14)15-13/h6,8-9,11H,2-5,7,10H2,1H3.